The lowest BCUT2D eigenvalue weighted by atomic mass is 9.99. The maximum atomic E-state index is 13.0. The van der Waals surface area contributed by atoms with Gasteiger partial charge in [-0.15, -0.1) is 0 Å². The quantitative estimate of drug-likeness (QED) is 0.0261. The third-order valence-corrected chi connectivity index (χ3v) is 14.4. The predicted octanol–water partition coefficient (Wildman–Crippen LogP) is 15.3. The largest absolute Gasteiger partial charge is 0.394 e. The molecule has 9 nitrogen and oxygen atoms in total. The van der Waals surface area contributed by atoms with Crippen LogP contribution in [0.4, 0.5) is 0 Å². The van der Waals surface area contributed by atoms with Gasteiger partial charge in [-0.3, -0.25) is 4.79 Å². The fraction of sp³-hybridized carbons (Fsp3) is 0.855. The summed E-state index contributed by atoms with van der Waals surface area (Å²) in [6.07, 6.45) is 62.0. The molecule has 0 radical (unpaired) electrons. The van der Waals surface area contributed by atoms with Gasteiger partial charge in [-0.2, -0.15) is 0 Å². The number of aliphatic hydroxyl groups is 5. The molecule has 1 aliphatic rings. The minimum Gasteiger partial charge on any atom is -0.394 e. The van der Waals surface area contributed by atoms with Crippen LogP contribution in [0.15, 0.2) is 48.6 Å². The monoisotopic (exact) mass is 1000 g/mol. The van der Waals surface area contributed by atoms with E-state index in [-0.39, 0.29) is 12.5 Å². The van der Waals surface area contributed by atoms with Gasteiger partial charge in [0, 0.05) is 6.42 Å². The van der Waals surface area contributed by atoms with Gasteiger partial charge < -0.3 is 40.3 Å². The molecule has 0 aromatic rings. The highest BCUT2D eigenvalue weighted by molar-refractivity contribution is 5.76. The van der Waals surface area contributed by atoms with Crippen molar-refractivity contribution in [1.82, 2.24) is 5.32 Å². The van der Waals surface area contributed by atoms with Crippen LogP contribution in [0, 0.1) is 0 Å². The van der Waals surface area contributed by atoms with Crippen LogP contribution < -0.4 is 5.32 Å². The summed E-state index contributed by atoms with van der Waals surface area (Å²) in [7, 11) is 0. The summed E-state index contributed by atoms with van der Waals surface area (Å²) >= 11 is 0. The lowest BCUT2D eigenvalue weighted by Crippen LogP contribution is -2.60. The van der Waals surface area contributed by atoms with E-state index in [0.717, 1.165) is 51.4 Å². The second kappa shape index (κ2) is 51.6. The average molecular weight is 1000 g/mol. The van der Waals surface area contributed by atoms with Crippen LogP contribution in [0.3, 0.4) is 0 Å². The lowest BCUT2D eigenvalue weighted by molar-refractivity contribution is -0.302. The minimum atomic E-state index is -1.57. The van der Waals surface area contributed by atoms with Crippen molar-refractivity contribution in [3.05, 3.63) is 48.6 Å². The van der Waals surface area contributed by atoms with E-state index >= 15 is 0 Å². The Morgan fingerprint density at radius 2 is 0.803 bits per heavy atom. The van der Waals surface area contributed by atoms with E-state index in [0.29, 0.717) is 6.42 Å². The van der Waals surface area contributed by atoms with E-state index in [2.05, 4.69) is 55.6 Å². The van der Waals surface area contributed by atoms with Crippen LogP contribution in [-0.2, 0) is 14.3 Å². The van der Waals surface area contributed by atoms with Crippen LogP contribution in [0.2, 0.25) is 0 Å². The molecule has 7 unspecified atom stereocenters. The number of carbonyl (C=O) groups is 1. The molecule has 1 rings (SSSR count). The molecular formula is C62H115NO8. The summed E-state index contributed by atoms with van der Waals surface area (Å²) < 4.78 is 11.2. The van der Waals surface area contributed by atoms with Gasteiger partial charge in [0.25, 0.3) is 0 Å². The fourth-order valence-corrected chi connectivity index (χ4v) is 9.54. The van der Waals surface area contributed by atoms with Crippen molar-refractivity contribution in [3.8, 4) is 0 Å². The van der Waals surface area contributed by atoms with Gasteiger partial charge in [-0.1, -0.05) is 255 Å². The average Bonchev–Trinajstić information content (AvgIpc) is 3.37. The molecule has 0 saturated carbocycles. The zero-order valence-corrected chi connectivity index (χ0v) is 46.2. The molecule has 6 N–H and O–H groups in total. The van der Waals surface area contributed by atoms with Gasteiger partial charge in [-0.25, -0.2) is 0 Å². The van der Waals surface area contributed by atoms with E-state index < -0.39 is 49.5 Å². The van der Waals surface area contributed by atoms with Crippen molar-refractivity contribution in [2.24, 2.45) is 0 Å². The van der Waals surface area contributed by atoms with E-state index in [1.807, 2.05) is 6.08 Å². The van der Waals surface area contributed by atoms with E-state index in [1.165, 1.54) is 212 Å². The molecule has 1 aliphatic heterocycles. The summed E-state index contributed by atoms with van der Waals surface area (Å²) in [6, 6.07) is -0.827. The maximum Gasteiger partial charge on any atom is 0.220 e. The topological polar surface area (TPSA) is 149 Å². The first-order valence-electron chi connectivity index (χ1n) is 30.4. The Hall–Kier alpha value is -1.85. The van der Waals surface area contributed by atoms with E-state index in [9.17, 15) is 30.3 Å². The van der Waals surface area contributed by atoms with Gasteiger partial charge in [0.05, 0.1) is 25.4 Å². The number of unbranched alkanes of at least 4 members (excludes halogenated alkanes) is 36. The number of carbonyl (C=O) groups excluding carboxylic acids is 1. The number of amides is 1. The van der Waals surface area contributed by atoms with Gasteiger partial charge in [0.1, 0.15) is 24.4 Å². The Morgan fingerprint density at radius 1 is 0.465 bits per heavy atom. The second-order valence-electron chi connectivity index (χ2n) is 21.1. The summed E-state index contributed by atoms with van der Waals surface area (Å²) in [5.74, 6) is -0.188. The highest BCUT2D eigenvalue weighted by Gasteiger charge is 2.44. The normalized spacial score (nSPS) is 19.6. The minimum absolute atomic E-state index is 0.188. The number of nitrogens with one attached hydrogen (secondary N) is 1. The molecule has 1 amide bonds. The van der Waals surface area contributed by atoms with Crippen LogP contribution in [0.1, 0.15) is 284 Å². The second-order valence-corrected chi connectivity index (χ2v) is 21.1. The number of aliphatic hydroxyl groups excluding tert-OH is 5. The van der Waals surface area contributed by atoms with Crippen LogP contribution >= 0.6 is 0 Å². The number of hydrogen-bond acceptors (Lipinski definition) is 8. The molecule has 9 heteroatoms. The lowest BCUT2D eigenvalue weighted by Gasteiger charge is -2.40. The predicted molar refractivity (Wildman–Crippen MR) is 299 cm³/mol. The number of ether oxygens (including phenoxy) is 2. The maximum absolute atomic E-state index is 13.0. The first-order chi connectivity index (χ1) is 34.8. The highest BCUT2D eigenvalue weighted by atomic mass is 16.7. The van der Waals surface area contributed by atoms with Crippen molar-refractivity contribution >= 4 is 5.91 Å². The Labute approximate surface area is 437 Å². The summed E-state index contributed by atoms with van der Waals surface area (Å²) in [5.41, 5.74) is 0. The number of hydrogen-bond donors (Lipinski definition) is 6. The SMILES string of the molecule is CCCCCCC/C=C/CC/C=C/CC/C=C/C(O)C(COC1OC(CO)C(O)C(O)C1O)NC(=O)CCCCCCCCCCCCCCCCCCCCCCC/C=C\CCCCCCCCCC. The third kappa shape index (κ3) is 41.1. The smallest absolute Gasteiger partial charge is 0.220 e. The molecule has 0 aliphatic carbocycles. The Balaban J connectivity index is 2.12. The molecule has 0 aromatic carbocycles. The number of allylic oxidation sites excluding steroid dienone is 7. The molecule has 1 heterocycles. The van der Waals surface area contributed by atoms with Gasteiger partial charge in [0.15, 0.2) is 6.29 Å². The van der Waals surface area contributed by atoms with Crippen molar-refractivity contribution in [1.29, 1.82) is 0 Å². The molecule has 1 fully saturated rings. The molecule has 416 valence electrons. The van der Waals surface area contributed by atoms with Gasteiger partial charge >= 0.3 is 0 Å². The summed E-state index contributed by atoms with van der Waals surface area (Å²) in [6.45, 7) is 3.76. The molecule has 7 atom stereocenters. The zero-order chi connectivity index (χ0) is 51.5. The van der Waals surface area contributed by atoms with Crippen molar-refractivity contribution in [2.45, 2.75) is 326 Å². The highest BCUT2D eigenvalue weighted by Crippen LogP contribution is 2.23. The van der Waals surface area contributed by atoms with Gasteiger partial charge in [0.2, 0.25) is 5.91 Å². The van der Waals surface area contributed by atoms with Crippen LogP contribution in [0.5, 0.6) is 0 Å². The van der Waals surface area contributed by atoms with Crippen molar-refractivity contribution in [3.63, 3.8) is 0 Å². The molecular weight excluding hydrogens is 887 g/mol. The zero-order valence-electron chi connectivity index (χ0n) is 46.2. The third-order valence-electron chi connectivity index (χ3n) is 14.4. The Kier molecular flexibility index (Phi) is 48.8. The molecule has 0 spiro atoms. The van der Waals surface area contributed by atoms with Crippen LogP contribution in [0.25, 0.3) is 0 Å². The summed E-state index contributed by atoms with van der Waals surface area (Å²) in [5, 5.41) is 54.4. The standard InChI is InChI=1S/C62H115NO8/c1-3-5-7-9-11-13-15-17-19-20-21-22-23-24-25-26-27-28-29-30-31-32-33-34-35-36-38-40-42-44-46-48-50-52-58(66)63-55(54-70-62-61(69)60(68)59(67)57(53-64)71-62)56(65)51-49-47-45-43-41-39-37-18-16-14-12-10-8-6-4-2/h16,18,20-21,41,43,49,51,55-57,59-62,64-65,67-69H,3-15,17,19,22-40,42,44-48,50,52-54H2,1-2H3,(H,63,66)/b18-16+,21-20-,43-41+,51-49+. The molecule has 1 saturated heterocycles. The first-order valence-corrected chi connectivity index (χ1v) is 30.4. The van der Waals surface area contributed by atoms with Crippen molar-refractivity contribution in [2.75, 3.05) is 13.2 Å². The van der Waals surface area contributed by atoms with E-state index in [4.69, 9.17) is 9.47 Å². The first kappa shape index (κ1) is 67.2. The Morgan fingerprint density at radius 3 is 1.18 bits per heavy atom. The van der Waals surface area contributed by atoms with Gasteiger partial charge in [-0.05, 0) is 70.6 Å². The fourth-order valence-electron chi connectivity index (χ4n) is 9.54. The molecule has 0 bridgehead atoms. The summed E-state index contributed by atoms with van der Waals surface area (Å²) in [4.78, 5) is 13.0. The van der Waals surface area contributed by atoms with Crippen molar-refractivity contribution < 1.29 is 39.8 Å². The molecule has 0 aromatic heterocycles. The van der Waals surface area contributed by atoms with Crippen LogP contribution in [-0.4, -0.2) is 87.5 Å². The Bertz CT molecular complexity index is 1250. The number of rotatable bonds is 52. The molecule has 71 heavy (non-hydrogen) atoms. The van der Waals surface area contributed by atoms with E-state index in [1.54, 1.807) is 6.08 Å².